The van der Waals surface area contributed by atoms with E-state index in [0.717, 1.165) is 23.8 Å². The number of sulfone groups is 1. The second-order valence-corrected chi connectivity index (χ2v) is 7.29. The number of urea groups is 1. The van der Waals surface area contributed by atoms with Gasteiger partial charge in [-0.3, -0.25) is 0 Å². The normalized spacial score (nSPS) is 11.9. The Morgan fingerprint density at radius 3 is 2.31 bits per heavy atom. The van der Waals surface area contributed by atoms with Crippen LogP contribution in [-0.4, -0.2) is 27.1 Å². The van der Waals surface area contributed by atoms with Crippen molar-refractivity contribution in [1.82, 2.24) is 0 Å². The van der Waals surface area contributed by atoms with Gasteiger partial charge in [-0.1, -0.05) is 11.6 Å². The molecule has 2 amide bonds. The number of ether oxygens (including phenoxy) is 1. The molecular weight excluding hydrogens is 373 g/mol. The fraction of sp³-hybridized carbons (Fsp3) is 0.188. The molecule has 2 rings (SSSR count). The fourth-order valence-electron chi connectivity index (χ4n) is 2.32. The second-order valence-electron chi connectivity index (χ2n) is 5.35. The molecule has 6 nitrogen and oxygen atoms in total. The van der Waals surface area contributed by atoms with Crippen molar-refractivity contribution >= 4 is 21.6 Å². The topological polar surface area (TPSA) is 98.5 Å². The number of benzene rings is 2. The van der Waals surface area contributed by atoms with Crippen molar-refractivity contribution in [2.45, 2.75) is 17.3 Å². The molecule has 3 N–H and O–H groups in total. The predicted molar refractivity (Wildman–Crippen MR) is 89.6 cm³/mol. The average molecular weight is 388 g/mol. The first-order valence-electron chi connectivity index (χ1n) is 7.14. The van der Waals surface area contributed by atoms with Crippen LogP contribution in [0.3, 0.4) is 0 Å². The molecule has 0 aliphatic rings. The summed E-state index contributed by atoms with van der Waals surface area (Å²) in [6.07, 6.45) is 0. The second kappa shape index (κ2) is 6.87. The van der Waals surface area contributed by atoms with Gasteiger partial charge in [0.2, 0.25) is 0 Å². The Labute approximate surface area is 147 Å². The Morgan fingerprint density at radius 2 is 1.77 bits per heavy atom. The Hall–Kier alpha value is -2.75. The Kier molecular flexibility index (Phi) is 5.17. The van der Waals surface area contributed by atoms with Crippen molar-refractivity contribution in [3.05, 3.63) is 42.0 Å². The lowest BCUT2D eigenvalue weighted by molar-refractivity contribution is -0.0436. The van der Waals surface area contributed by atoms with Crippen LogP contribution in [0.4, 0.5) is 23.7 Å². The Bertz CT molecular complexity index is 956. The third-order valence-corrected chi connectivity index (χ3v) is 4.99. The quantitative estimate of drug-likeness (QED) is 0.838. The molecule has 0 unspecified atom stereocenters. The molecule has 0 spiro atoms. The van der Waals surface area contributed by atoms with Crippen LogP contribution in [0.15, 0.2) is 41.3 Å². The third kappa shape index (κ3) is 3.74. The van der Waals surface area contributed by atoms with Crippen molar-refractivity contribution < 1.29 is 31.1 Å². The zero-order chi connectivity index (χ0) is 19.7. The maximum absolute atomic E-state index is 12.9. The van der Waals surface area contributed by atoms with Gasteiger partial charge in [0, 0.05) is 11.1 Å². The molecule has 10 heteroatoms. The molecule has 0 atom stereocenters. The van der Waals surface area contributed by atoms with Gasteiger partial charge < -0.3 is 15.8 Å². The molecule has 0 saturated carbocycles. The molecule has 0 saturated heterocycles. The van der Waals surface area contributed by atoms with Gasteiger partial charge in [-0.25, -0.2) is 13.2 Å². The van der Waals surface area contributed by atoms with Crippen LogP contribution in [0.5, 0.6) is 5.75 Å². The monoisotopic (exact) mass is 388 g/mol. The zero-order valence-corrected chi connectivity index (χ0v) is 14.5. The molecule has 2 aromatic rings. The third-order valence-electron chi connectivity index (χ3n) is 3.51. The number of nitrogens with one attached hydrogen (secondary N) is 1. The van der Waals surface area contributed by atoms with Crippen LogP contribution in [0.25, 0.3) is 11.1 Å². The van der Waals surface area contributed by atoms with E-state index in [1.54, 1.807) is 19.1 Å². The van der Waals surface area contributed by atoms with E-state index in [9.17, 15) is 26.4 Å². The lowest BCUT2D eigenvalue weighted by Crippen LogP contribution is -2.23. The molecule has 140 valence electrons. The van der Waals surface area contributed by atoms with Gasteiger partial charge in [0.1, 0.15) is 5.75 Å². The number of carbonyl (C=O) groups excluding carboxylic acids is 1. The number of carbonyl (C=O) groups is 1. The highest BCUT2D eigenvalue weighted by atomic mass is 32.2. The van der Waals surface area contributed by atoms with Crippen LogP contribution in [0, 0.1) is 6.92 Å². The van der Waals surface area contributed by atoms with Crippen molar-refractivity contribution in [2.24, 2.45) is 5.73 Å². The van der Waals surface area contributed by atoms with E-state index in [1.165, 1.54) is 13.2 Å². The summed E-state index contributed by atoms with van der Waals surface area (Å²) in [5.41, 5.74) is 0.910. The molecule has 0 radical (unpaired) electrons. The maximum atomic E-state index is 12.9. The van der Waals surface area contributed by atoms with Gasteiger partial charge in [0.15, 0.2) is 0 Å². The van der Waals surface area contributed by atoms with E-state index in [2.05, 4.69) is 5.32 Å². The number of anilines is 1. The minimum atomic E-state index is -5.55. The molecule has 0 aliphatic carbocycles. The molecule has 0 aliphatic heterocycles. The number of aryl methyl sites for hydroxylation is 1. The van der Waals surface area contributed by atoms with Crippen molar-refractivity contribution in [3.8, 4) is 16.9 Å². The van der Waals surface area contributed by atoms with Gasteiger partial charge in [0.05, 0.1) is 17.7 Å². The summed E-state index contributed by atoms with van der Waals surface area (Å²) < 4.78 is 67.1. The van der Waals surface area contributed by atoms with Crippen molar-refractivity contribution in [1.29, 1.82) is 0 Å². The van der Waals surface area contributed by atoms with E-state index in [0.29, 0.717) is 0 Å². The van der Waals surface area contributed by atoms with E-state index < -0.39 is 26.3 Å². The minimum absolute atomic E-state index is 0.0604. The van der Waals surface area contributed by atoms with E-state index >= 15 is 0 Å². The Morgan fingerprint density at radius 1 is 1.12 bits per heavy atom. The molecule has 2 aromatic carbocycles. The molecule has 0 heterocycles. The van der Waals surface area contributed by atoms with Gasteiger partial charge in [0.25, 0.3) is 9.84 Å². The van der Waals surface area contributed by atoms with E-state index in [4.69, 9.17) is 10.5 Å². The predicted octanol–water partition coefficient (Wildman–Crippen LogP) is 3.45. The minimum Gasteiger partial charge on any atom is -0.496 e. The number of rotatable bonds is 4. The number of methoxy groups -OCH3 is 1. The molecule has 0 bridgehead atoms. The summed E-state index contributed by atoms with van der Waals surface area (Å²) in [4.78, 5) is 10.2. The fourth-order valence-corrected chi connectivity index (χ4v) is 3.11. The van der Waals surface area contributed by atoms with Crippen LogP contribution in [0.2, 0.25) is 0 Å². The molecule has 0 fully saturated rings. The number of amides is 2. The smallest absolute Gasteiger partial charge is 0.496 e. The number of hydrogen-bond acceptors (Lipinski definition) is 4. The van der Waals surface area contributed by atoms with Crippen LogP contribution in [-0.2, 0) is 9.84 Å². The SMILES string of the molecule is COc1ccc(S(=O)(=O)C(F)(F)F)cc1-c1cc(C)ccc1NC(N)=O. The first kappa shape index (κ1) is 19.6. The van der Waals surface area contributed by atoms with Gasteiger partial charge in [-0.05, 0) is 37.3 Å². The summed E-state index contributed by atoms with van der Waals surface area (Å²) in [5.74, 6) is 0.129. The summed E-state index contributed by atoms with van der Waals surface area (Å²) in [5, 5.41) is 2.35. The summed E-state index contributed by atoms with van der Waals surface area (Å²) in [6.45, 7) is 1.72. The zero-order valence-electron chi connectivity index (χ0n) is 13.7. The van der Waals surface area contributed by atoms with Gasteiger partial charge >= 0.3 is 11.5 Å². The van der Waals surface area contributed by atoms with Crippen molar-refractivity contribution in [3.63, 3.8) is 0 Å². The maximum Gasteiger partial charge on any atom is 0.501 e. The number of halogens is 3. The molecular formula is C16H15F3N2O4S. The average Bonchev–Trinajstić information content (AvgIpc) is 2.54. The van der Waals surface area contributed by atoms with Gasteiger partial charge in [-0.15, -0.1) is 0 Å². The number of nitrogens with two attached hydrogens (primary N) is 1. The standard InChI is InChI=1S/C16H15F3N2O4S/c1-9-3-5-13(21-15(20)22)11(7-9)12-8-10(4-6-14(12)25-2)26(23,24)16(17,18)19/h3-8H,1-2H3,(H3,20,21,22). The van der Waals surface area contributed by atoms with Gasteiger partial charge in [-0.2, -0.15) is 13.2 Å². The highest BCUT2D eigenvalue weighted by Crippen LogP contribution is 2.39. The summed E-state index contributed by atoms with van der Waals surface area (Å²) >= 11 is 0. The number of primary amides is 1. The first-order valence-corrected chi connectivity index (χ1v) is 8.62. The lowest BCUT2D eigenvalue weighted by Gasteiger charge is -2.16. The molecule has 26 heavy (non-hydrogen) atoms. The number of hydrogen-bond donors (Lipinski definition) is 2. The highest BCUT2D eigenvalue weighted by molar-refractivity contribution is 7.92. The van der Waals surface area contributed by atoms with Crippen molar-refractivity contribution in [2.75, 3.05) is 12.4 Å². The van der Waals surface area contributed by atoms with E-state index in [-0.39, 0.29) is 22.6 Å². The van der Waals surface area contributed by atoms with Crippen LogP contribution < -0.4 is 15.8 Å². The van der Waals surface area contributed by atoms with Crippen LogP contribution in [0.1, 0.15) is 5.56 Å². The summed E-state index contributed by atoms with van der Waals surface area (Å²) in [6, 6.07) is 6.60. The number of alkyl halides is 3. The highest BCUT2D eigenvalue weighted by Gasteiger charge is 2.47. The lowest BCUT2D eigenvalue weighted by atomic mass is 10.0. The van der Waals surface area contributed by atoms with Crippen LogP contribution >= 0.6 is 0 Å². The first-order chi connectivity index (χ1) is 12.0. The Balaban J connectivity index is 2.76. The largest absolute Gasteiger partial charge is 0.501 e. The molecule has 0 aromatic heterocycles. The summed E-state index contributed by atoms with van der Waals surface area (Å²) in [7, 11) is -4.26. The van der Waals surface area contributed by atoms with E-state index in [1.807, 2.05) is 0 Å².